The summed E-state index contributed by atoms with van der Waals surface area (Å²) in [6.45, 7) is 2.13. The van der Waals surface area contributed by atoms with Gasteiger partial charge in [-0.25, -0.2) is 9.67 Å². The van der Waals surface area contributed by atoms with E-state index in [1.54, 1.807) is 31.3 Å². The molecule has 2 N–H and O–H groups in total. The number of nitrogens with two attached hydrogens (primary N) is 1. The molecule has 2 bridgehead atoms. The molecule has 244 valence electrons. The van der Waals surface area contributed by atoms with Crippen molar-refractivity contribution in [3.05, 3.63) is 84.4 Å². The first kappa shape index (κ1) is 29.0. The van der Waals surface area contributed by atoms with Crippen molar-refractivity contribution in [3.63, 3.8) is 0 Å². The predicted molar refractivity (Wildman–Crippen MR) is 182 cm³/mol. The molecule has 2 saturated carbocycles. The molecule has 2 aromatic carbocycles. The van der Waals surface area contributed by atoms with Crippen LogP contribution >= 0.6 is 0 Å². The lowest BCUT2D eigenvalue weighted by molar-refractivity contribution is 0.0700. The van der Waals surface area contributed by atoms with Gasteiger partial charge in [-0.1, -0.05) is 18.2 Å². The summed E-state index contributed by atoms with van der Waals surface area (Å²) < 4.78 is 17.9. The second kappa shape index (κ2) is 11.2. The largest absolute Gasteiger partial charge is 0.495 e. The second-order valence-electron chi connectivity index (χ2n) is 13.5. The van der Waals surface area contributed by atoms with Gasteiger partial charge in [0.15, 0.2) is 5.82 Å². The van der Waals surface area contributed by atoms with Crippen LogP contribution in [0.3, 0.4) is 0 Å². The number of aromatic nitrogens is 6. The van der Waals surface area contributed by atoms with Gasteiger partial charge in [0.05, 0.1) is 56.3 Å². The number of carbonyl (C=O) groups is 1. The third kappa shape index (κ3) is 4.75. The molecule has 6 aromatic rings. The Hall–Kier alpha value is -5.16. The summed E-state index contributed by atoms with van der Waals surface area (Å²) in [4.78, 5) is 25.6. The van der Waals surface area contributed by atoms with Crippen LogP contribution in [-0.2, 0) is 13.1 Å². The molecule has 3 fully saturated rings. The Kier molecular flexibility index (Phi) is 6.79. The minimum absolute atomic E-state index is 0.00929. The van der Waals surface area contributed by atoms with Crippen LogP contribution in [0.4, 0.5) is 0 Å². The average molecular weight is 643 g/mol. The number of benzene rings is 2. The van der Waals surface area contributed by atoms with Gasteiger partial charge in [-0.3, -0.25) is 9.78 Å². The molecule has 3 atom stereocenters. The SMILES string of the molecule is COc1cncc(-n2cc(Cn3c(-c4cc5ccccc5n4CC4CC4)nc4cc(C(=O)N5CC6CCC5[C@@H]6N)cc(OC)c43)cn2)c1. The number of pyridine rings is 1. The van der Waals surface area contributed by atoms with E-state index in [1.165, 1.54) is 23.7 Å². The molecule has 2 aliphatic carbocycles. The molecule has 48 heavy (non-hydrogen) atoms. The summed E-state index contributed by atoms with van der Waals surface area (Å²) in [6.07, 6.45) is 11.8. The topological polar surface area (TPSA) is 118 Å². The maximum atomic E-state index is 14.0. The first-order valence-corrected chi connectivity index (χ1v) is 16.8. The number of likely N-dealkylation sites (tertiary alicyclic amines) is 1. The quantitative estimate of drug-likeness (QED) is 0.228. The molecule has 3 aliphatic rings. The van der Waals surface area contributed by atoms with Gasteiger partial charge in [-0.2, -0.15) is 5.10 Å². The highest BCUT2D eigenvalue weighted by Gasteiger charge is 2.47. The Morgan fingerprint density at radius 2 is 1.85 bits per heavy atom. The van der Waals surface area contributed by atoms with Crippen molar-refractivity contribution >= 4 is 27.8 Å². The van der Waals surface area contributed by atoms with Crippen molar-refractivity contribution in [2.24, 2.45) is 17.6 Å². The van der Waals surface area contributed by atoms with E-state index in [9.17, 15) is 4.79 Å². The van der Waals surface area contributed by atoms with Crippen LogP contribution in [0.1, 0.15) is 41.6 Å². The van der Waals surface area contributed by atoms with Gasteiger partial charge in [0.1, 0.15) is 17.0 Å². The number of para-hydroxylation sites is 1. The third-order valence-corrected chi connectivity index (χ3v) is 10.5. The number of rotatable bonds is 9. The molecule has 2 unspecified atom stereocenters. The third-order valence-electron chi connectivity index (χ3n) is 10.5. The van der Waals surface area contributed by atoms with Gasteiger partial charge in [0.25, 0.3) is 5.91 Å². The lowest BCUT2D eigenvalue weighted by Crippen LogP contribution is -2.41. The van der Waals surface area contributed by atoms with Gasteiger partial charge in [-0.05, 0) is 61.8 Å². The highest BCUT2D eigenvalue weighted by molar-refractivity contribution is 6.00. The van der Waals surface area contributed by atoms with Crippen molar-refractivity contribution in [2.75, 3.05) is 20.8 Å². The lowest BCUT2D eigenvalue weighted by Gasteiger charge is -2.27. The van der Waals surface area contributed by atoms with Crippen molar-refractivity contribution < 1.29 is 14.3 Å². The molecule has 1 amide bonds. The highest BCUT2D eigenvalue weighted by atomic mass is 16.5. The number of hydrogen-bond acceptors (Lipinski definition) is 7. The van der Waals surface area contributed by atoms with Crippen LogP contribution < -0.4 is 15.2 Å². The second-order valence-corrected chi connectivity index (χ2v) is 13.5. The number of amides is 1. The van der Waals surface area contributed by atoms with Crippen LogP contribution in [0.25, 0.3) is 39.1 Å². The van der Waals surface area contributed by atoms with Gasteiger partial charge >= 0.3 is 0 Å². The Morgan fingerprint density at radius 3 is 2.62 bits per heavy atom. The molecular weight excluding hydrogens is 604 g/mol. The van der Waals surface area contributed by atoms with E-state index in [1.807, 2.05) is 35.5 Å². The minimum atomic E-state index is -0.00929. The molecule has 11 nitrogen and oxygen atoms in total. The first-order chi connectivity index (χ1) is 23.5. The molecule has 0 spiro atoms. The van der Waals surface area contributed by atoms with E-state index >= 15 is 0 Å². The highest BCUT2D eigenvalue weighted by Crippen LogP contribution is 2.41. The molecule has 0 radical (unpaired) electrons. The number of ether oxygens (including phenoxy) is 2. The fourth-order valence-corrected chi connectivity index (χ4v) is 7.87. The molecule has 1 saturated heterocycles. The maximum absolute atomic E-state index is 14.0. The summed E-state index contributed by atoms with van der Waals surface area (Å²) in [5.74, 6) is 3.12. The zero-order valence-electron chi connectivity index (χ0n) is 27.1. The summed E-state index contributed by atoms with van der Waals surface area (Å²) in [5, 5.41) is 5.84. The molecule has 4 aromatic heterocycles. The van der Waals surface area contributed by atoms with Crippen molar-refractivity contribution in [1.29, 1.82) is 0 Å². The summed E-state index contributed by atoms with van der Waals surface area (Å²) >= 11 is 0. The summed E-state index contributed by atoms with van der Waals surface area (Å²) in [6, 6.07) is 16.6. The van der Waals surface area contributed by atoms with Crippen molar-refractivity contribution in [1.82, 2.24) is 33.8 Å². The van der Waals surface area contributed by atoms with Gasteiger partial charge in [-0.15, -0.1) is 0 Å². The van der Waals surface area contributed by atoms with Gasteiger partial charge in [0, 0.05) is 59.5 Å². The zero-order valence-corrected chi connectivity index (χ0v) is 27.1. The van der Waals surface area contributed by atoms with Gasteiger partial charge < -0.3 is 29.2 Å². The van der Waals surface area contributed by atoms with E-state index in [-0.39, 0.29) is 18.0 Å². The molecular formula is C37H38N8O3. The monoisotopic (exact) mass is 642 g/mol. The molecule has 11 heteroatoms. The van der Waals surface area contributed by atoms with E-state index in [2.05, 4.69) is 49.5 Å². The van der Waals surface area contributed by atoms with Crippen LogP contribution in [0.5, 0.6) is 11.5 Å². The Bertz CT molecular complexity index is 2190. The van der Waals surface area contributed by atoms with Crippen LogP contribution in [0.2, 0.25) is 0 Å². The fraction of sp³-hybridized carbons (Fsp3) is 0.351. The van der Waals surface area contributed by atoms with E-state index in [4.69, 9.17) is 20.2 Å². The van der Waals surface area contributed by atoms with Crippen LogP contribution in [0.15, 0.2) is 73.3 Å². The van der Waals surface area contributed by atoms with Gasteiger partial charge in [0.2, 0.25) is 0 Å². The molecule has 1 aliphatic heterocycles. The van der Waals surface area contributed by atoms with Crippen molar-refractivity contribution in [2.45, 2.75) is 50.9 Å². The normalized spacial score (nSPS) is 20.3. The zero-order chi connectivity index (χ0) is 32.5. The Labute approximate surface area is 277 Å². The number of carbonyl (C=O) groups excluding carboxylic acids is 1. The number of piperidine rings is 1. The standard InChI is InChI=1S/C37H38N8O3/c1-47-28-14-27(16-39-17-28)45-20-23(15-40-45)19-44-35-29(11-26(13-33(35)48-2)37(46)43-21-25-9-10-31(43)34(25)38)41-36(44)32-12-24-5-3-4-6-30(24)42(32)18-22-7-8-22/h3-6,11-17,20,22,25,31,34H,7-10,18-19,21,38H2,1-2H3/t25?,31?,34-/m1/s1. The van der Waals surface area contributed by atoms with E-state index in [0.29, 0.717) is 47.5 Å². The predicted octanol–water partition coefficient (Wildman–Crippen LogP) is 5.28. The van der Waals surface area contributed by atoms with E-state index < -0.39 is 0 Å². The molecule has 9 rings (SSSR count). The number of methoxy groups -OCH3 is 2. The van der Waals surface area contributed by atoms with Crippen LogP contribution in [-0.4, -0.2) is 72.5 Å². The smallest absolute Gasteiger partial charge is 0.254 e. The first-order valence-electron chi connectivity index (χ1n) is 16.8. The number of fused-ring (bicyclic) bond motifs is 4. The van der Waals surface area contributed by atoms with E-state index in [0.717, 1.165) is 47.7 Å². The number of nitrogens with zero attached hydrogens (tertiary/aromatic N) is 7. The number of hydrogen-bond donors (Lipinski definition) is 1. The van der Waals surface area contributed by atoms with Crippen LogP contribution in [0, 0.1) is 11.8 Å². The average Bonchev–Trinajstić information content (AvgIpc) is 3.43. The summed E-state index contributed by atoms with van der Waals surface area (Å²) in [5.41, 5.74) is 12.6. The fourth-order valence-electron chi connectivity index (χ4n) is 7.87. The molecule has 5 heterocycles. The maximum Gasteiger partial charge on any atom is 0.254 e. The number of imidazole rings is 1. The van der Waals surface area contributed by atoms with Crippen molar-refractivity contribution in [3.8, 4) is 28.7 Å². The Balaban J connectivity index is 1.19. The minimum Gasteiger partial charge on any atom is -0.495 e. The lowest BCUT2D eigenvalue weighted by atomic mass is 10.1. The summed E-state index contributed by atoms with van der Waals surface area (Å²) in [7, 11) is 3.28. The Morgan fingerprint density at radius 1 is 0.979 bits per heavy atom.